The third-order valence-corrected chi connectivity index (χ3v) is 3.76. The Bertz CT molecular complexity index is 670. The van der Waals surface area contributed by atoms with Crippen LogP contribution in [0.2, 0.25) is 0 Å². The molecule has 0 aliphatic heterocycles. The molecule has 0 aliphatic carbocycles. The van der Waals surface area contributed by atoms with E-state index in [-0.39, 0.29) is 23.0 Å². The van der Waals surface area contributed by atoms with Crippen molar-refractivity contribution in [3.05, 3.63) is 59.7 Å². The van der Waals surface area contributed by atoms with Crippen molar-refractivity contribution in [1.29, 1.82) is 0 Å². The highest BCUT2D eigenvalue weighted by atomic mass is 32.2. The molecule has 0 spiro atoms. The molecule has 116 valence electrons. The Morgan fingerprint density at radius 1 is 1.14 bits per heavy atom. The lowest BCUT2D eigenvalue weighted by atomic mass is 10.1. The quantitative estimate of drug-likeness (QED) is 0.801. The maximum Gasteiger partial charge on any atom is 0.259 e. The molecule has 1 atom stereocenters. The van der Waals surface area contributed by atoms with Gasteiger partial charge in [-0.2, -0.15) is 0 Å². The summed E-state index contributed by atoms with van der Waals surface area (Å²) in [4.78, 5) is 12.0. The first-order chi connectivity index (χ1) is 10.6. The summed E-state index contributed by atoms with van der Waals surface area (Å²) in [5, 5.41) is 12.3. The van der Waals surface area contributed by atoms with Crippen LogP contribution in [0.4, 0.5) is 5.69 Å². The van der Waals surface area contributed by atoms with Crippen LogP contribution in [0, 0.1) is 0 Å². The Kier molecular flexibility index (Phi) is 5.68. The highest BCUT2D eigenvalue weighted by Gasteiger charge is 2.10. The smallest absolute Gasteiger partial charge is 0.259 e. The Labute approximate surface area is 131 Å². The van der Waals surface area contributed by atoms with E-state index in [1.54, 1.807) is 30.3 Å². The number of anilines is 1. The minimum absolute atomic E-state index is 0.0674. The molecule has 6 heteroatoms. The van der Waals surface area contributed by atoms with Crippen molar-refractivity contribution in [3.63, 3.8) is 0 Å². The molecule has 22 heavy (non-hydrogen) atoms. The van der Waals surface area contributed by atoms with Gasteiger partial charge in [-0.1, -0.05) is 35.3 Å². The van der Waals surface area contributed by atoms with Crippen LogP contribution < -0.4 is 5.32 Å². The lowest BCUT2D eigenvalue weighted by molar-refractivity contribution is 0.102. The third kappa shape index (κ3) is 4.68. The number of hydrogen-bond acceptors (Lipinski definition) is 4. The van der Waals surface area contributed by atoms with Crippen molar-refractivity contribution in [2.75, 3.05) is 11.1 Å². The lowest BCUT2D eigenvalue weighted by Gasteiger charge is -2.08. The van der Waals surface area contributed by atoms with E-state index >= 15 is 0 Å². The number of amides is 1. The Morgan fingerprint density at radius 3 is 2.45 bits per heavy atom. The van der Waals surface area contributed by atoms with Gasteiger partial charge in [0.1, 0.15) is 5.75 Å². The second-order valence-electron chi connectivity index (χ2n) is 4.78. The van der Waals surface area contributed by atoms with Gasteiger partial charge >= 0.3 is 0 Å². The highest BCUT2D eigenvalue weighted by molar-refractivity contribution is 7.79. The lowest BCUT2D eigenvalue weighted by Crippen LogP contribution is -2.11. The molecule has 2 N–H and O–H groups in total. The van der Waals surface area contributed by atoms with Crippen LogP contribution in [0.5, 0.6) is 5.75 Å². The fraction of sp³-hybridized carbons (Fsp3) is 0.188. The first-order valence-corrected chi connectivity index (χ1v) is 8.05. The largest absolute Gasteiger partial charge is 0.772 e. The van der Waals surface area contributed by atoms with E-state index in [4.69, 9.17) is 0 Å². The van der Waals surface area contributed by atoms with Crippen molar-refractivity contribution in [2.24, 2.45) is 0 Å². The molecule has 0 saturated carbocycles. The predicted octanol–water partition coefficient (Wildman–Crippen LogP) is 2.46. The number of phenolic OH excluding ortho intramolecular Hbond substituents is 1. The van der Waals surface area contributed by atoms with Gasteiger partial charge in [-0.15, -0.1) is 0 Å². The number of carbonyl (C=O) groups is 1. The van der Waals surface area contributed by atoms with Gasteiger partial charge in [-0.25, -0.2) is 0 Å². The van der Waals surface area contributed by atoms with Crippen molar-refractivity contribution >= 4 is 22.7 Å². The summed E-state index contributed by atoms with van der Waals surface area (Å²) in [6.45, 7) is 0. The van der Waals surface area contributed by atoms with E-state index in [1.165, 1.54) is 6.07 Å². The Hall–Kier alpha value is -2.18. The average molecular weight is 318 g/mol. The molecule has 1 unspecified atom stereocenters. The number of rotatable bonds is 6. The second kappa shape index (κ2) is 7.72. The van der Waals surface area contributed by atoms with E-state index in [2.05, 4.69) is 5.32 Å². The number of nitrogens with one attached hydrogen (secondary N) is 1. The molecule has 0 saturated heterocycles. The molecule has 0 heterocycles. The summed E-state index contributed by atoms with van der Waals surface area (Å²) < 4.78 is 20.9. The third-order valence-electron chi connectivity index (χ3n) is 3.14. The minimum atomic E-state index is -2.01. The van der Waals surface area contributed by atoms with E-state index < -0.39 is 11.1 Å². The summed E-state index contributed by atoms with van der Waals surface area (Å²) in [7, 11) is 0. The van der Waals surface area contributed by atoms with Gasteiger partial charge < -0.3 is 15.0 Å². The zero-order chi connectivity index (χ0) is 15.9. The molecule has 2 rings (SSSR count). The summed E-state index contributed by atoms with van der Waals surface area (Å²) in [5.41, 5.74) is 1.83. The zero-order valence-corrected chi connectivity index (χ0v) is 12.6. The normalized spacial score (nSPS) is 11.9. The number of carbonyl (C=O) groups excluding carboxylic acids is 1. The van der Waals surface area contributed by atoms with E-state index in [9.17, 15) is 18.7 Å². The molecule has 5 nitrogen and oxygen atoms in total. The summed E-state index contributed by atoms with van der Waals surface area (Å²) in [6, 6.07) is 13.5. The fourth-order valence-electron chi connectivity index (χ4n) is 2.01. The molecular formula is C16H16NO4S-. The number of aryl methyl sites for hydroxylation is 1. The minimum Gasteiger partial charge on any atom is -0.772 e. The summed E-state index contributed by atoms with van der Waals surface area (Å²) >= 11 is -2.01. The second-order valence-corrected chi connectivity index (χ2v) is 5.80. The molecule has 0 fully saturated rings. The topological polar surface area (TPSA) is 89.5 Å². The van der Waals surface area contributed by atoms with Gasteiger partial charge in [0.25, 0.3) is 5.91 Å². The number of phenols is 1. The van der Waals surface area contributed by atoms with E-state index in [0.717, 1.165) is 5.56 Å². The standard InChI is InChI=1S/C16H17NO4S/c18-15-6-2-1-5-14(15)16(19)17-13-9-7-12(8-10-13)4-3-11-22(20)21/h1-2,5-10,18H,3-4,11H2,(H,17,19)(H,20,21)/p-1. The molecule has 2 aromatic carbocycles. The fourth-order valence-corrected chi connectivity index (χ4v) is 2.39. The molecule has 0 radical (unpaired) electrons. The average Bonchev–Trinajstić information content (AvgIpc) is 2.49. The predicted molar refractivity (Wildman–Crippen MR) is 84.6 cm³/mol. The maximum absolute atomic E-state index is 12.0. The monoisotopic (exact) mass is 318 g/mol. The van der Waals surface area contributed by atoms with Crippen LogP contribution in [0.3, 0.4) is 0 Å². The highest BCUT2D eigenvalue weighted by Crippen LogP contribution is 2.18. The summed E-state index contributed by atoms with van der Waals surface area (Å²) in [5.74, 6) is -0.305. The SMILES string of the molecule is O=C(Nc1ccc(CCCS(=O)[O-])cc1)c1ccccc1O. The number of benzene rings is 2. The molecule has 0 bridgehead atoms. The first kappa shape index (κ1) is 16.2. The van der Waals surface area contributed by atoms with Crippen molar-refractivity contribution in [1.82, 2.24) is 0 Å². The summed E-state index contributed by atoms with van der Waals surface area (Å²) in [6.07, 6.45) is 1.24. The van der Waals surface area contributed by atoms with Crippen LogP contribution in [0.25, 0.3) is 0 Å². The van der Waals surface area contributed by atoms with Crippen molar-refractivity contribution in [3.8, 4) is 5.75 Å². The van der Waals surface area contributed by atoms with Gasteiger partial charge in [0.15, 0.2) is 0 Å². The van der Waals surface area contributed by atoms with Crippen LogP contribution in [0.1, 0.15) is 22.3 Å². The van der Waals surface area contributed by atoms with E-state index in [0.29, 0.717) is 18.5 Å². The van der Waals surface area contributed by atoms with E-state index in [1.807, 2.05) is 12.1 Å². The molecular weight excluding hydrogens is 302 g/mol. The number of hydrogen-bond donors (Lipinski definition) is 2. The maximum atomic E-state index is 12.0. The number of aromatic hydroxyl groups is 1. The van der Waals surface area contributed by atoms with Gasteiger partial charge in [0.05, 0.1) is 5.56 Å². The molecule has 0 aliphatic rings. The van der Waals surface area contributed by atoms with Gasteiger partial charge in [0.2, 0.25) is 0 Å². The van der Waals surface area contributed by atoms with Gasteiger partial charge in [-0.05, 0) is 42.7 Å². The number of para-hydroxylation sites is 1. The van der Waals surface area contributed by atoms with Gasteiger partial charge in [0, 0.05) is 11.4 Å². The van der Waals surface area contributed by atoms with Crippen LogP contribution in [-0.2, 0) is 17.5 Å². The molecule has 0 aromatic heterocycles. The zero-order valence-electron chi connectivity index (χ0n) is 11.8. The molecule has 1 amide bonds. The van der Waals surface area contributed by atoms with Crippen LogP contribution in [0.15, 0.2) is 48.5 Å². The van der Waals surface area contributed by atoms with Crippen LogP contribution in [-0.4, -0.2) is 25.5 Å². The van der Waals surface area contributed by atoms with Crippen LogP contribution >= 0.6 is 0 Å². The van der Waals surface area contributed by atoms with Crippen molar-refractivity contribution in [2.45, 2.75) is 12.8 Å². The van der Waals surface area contributed by atoms with Gasteiger partial charge in [-0.3, -0.25) is 9.00 Å². The molecule has 2 aromatic rings. The first-order valence-electron chi connectivity index (χ1n) is 6.80. The van der Waals surface area contributed by atoms with Crippen molar-refractivity contribution < 1.29 is 18.7 Å². The Balaban J connectivity index is 1.95. The Morgan fingerprint density at radius 2 is 1.82 bits per heavy atom.